The molecule has 2 heterocycles. The molecule has 0 bridgehead atoms. The highest BCUT2D eigenvalue weighted by Crippen LogP contribution is 2.38. The van der Waals surface area contributed by atoms with E-state index in [0.29, 0.717) is 6.04 Å². The second-order valence-corrected chi connectivity index (χ2v) is 8.10. The van der Waals surface area contributed by atoms with Gasteiger partial charge in [-0.2, -0.15) is 0 Å². The van der Waals surface area contributed by atoms with E-state index in [4.69, 9.17) is 0 Å². The Morgan fingerprint density at radius 1 is 1.35 bits per heavy atom. The average Bonchev–Trinajstić information content (AvgIpc) is 2.83. The van der Waals surface area contributed by atoms with Crippen LogP contribution in [-0.2, 0) is 6.42 Å². The normalized spacial score (nSPS) is 29.4. The maximum Gasteiger partial charge on any atom is 0.0278 e. The van der Waals surface area contributed by atoms with Crippen LogP contribution in [0.25, 0.3) is 0 Å². The number of thioether (sulfide) groups is 1. The Morgan fingerprint density at radius 2 is 2.15 bits per heavy atom. The third kappa shape index (κ3) is 2.90. The van der Waals surface area contributed by atoms with Crippen molar-refractivity contribution in [3.63, 3.8) is 0 Å². The van der Waals surface area contributed by atoms with Crippen molar-refractivity contribution in [2.45, 2.75) is 55.3 Å². The van der Waals surface area contributed by atoms with Crippen LogP contribution in [0.4, 0.5) is 0 Å². The van der Waals surface area contributed by atoms with Gasteiger partial charge >= 0.3 is 0 Å². The van der Waals surface area contributed by atoms with Gasteiger partial charge in [-0.15, -0.1) is 11.8 Å². The van der Waals surface area contributed by atoms with E-state index < -0.39 is 0 Å². The molecular weight excluding hydrogens is 264 g/mol. The lowest BCUT2D eigenvalue weighted by molar-refractivity contribution is 0.0659. The molecule has 0 aromatic heterocycles. The monoisotopic (exact) mass is 290 g/mol. The highest BCUT2D eigenvalue weighted by molar-refractivity contribution is 8.00. The predicted octanol–water partition coefficient (Wildman–Crippen LogP) is 3.17. The van der Waals surface area contributed by atoms with Crippen molar-refractivity contribution in [3.05, 3.63) is 29.8 Å². The van der Waals surface area contributed by atoms with Gasteiger partial charge in [0.1, 0.15) is 0 Å². The third-order valence-corrected chi connectivity index (χ3v) is 6.05. The minimum Gasteiger partial charge on any atom is -0.311 e. The minimum absolute atomic E-state index is 0.279. The summed E-state index contributed by atoms with van der Waals surface area (Å²) in [5, 5.41) is 4.41. The number of piperazine rings is 1. The summed E-state index contributed by atoms with van der Waals surface area (Å²) >= 11 is 2.08. The summed E-state index contributed by atoms with van der Waals surface area (Å²) < 4.78 is 0. The van der Waals surface area contributed by atoms with Gasteiger partial charge in [-0.3, -0.25) is 4.90 Å². The molecule has 1 aromatic carbocycles. The topological polar surface area (TPSA) is 15.3 Å². The Balaban J connectivity index is 1.65. The molecule has 2 aliphatic rings. The molecule has 1 aromatic rings. The van der Waals surface area contributed by atoms with E-state index in [1.54, 1.807) is 5.56 Å². The zero-order valence-corrected chi connectivity index (χ0v) is 13.7. The third-order valence-electron chi connectivity index (χ3n) is 4.75. The Labute approximate surface area is 127 Å². The first-order chi connectivity index (χ1) is 9.58. The summed E-state index contributed by atoms with van der Waals surface area (Å²) in [5.74, 6) is 0. The molecule has 0 aliphatic carbocycles. The first-order valence-corrected chi connectivity index (χ1v) is 8.69. The van der Waals surface area contributed by atoms with Crippen LogP contribution in [0, 0.1) is 0 Å². The van der Waals surface area contributed by atoms with Gasteiger partial charge in [0.05, 0.1) is 0 Å². The van der Waals surface area contributed by atoms with Crippen LogP contribution in [0.2, 0.25) is 0 Å². The van der Waals surface area contributed by atoms with Crippen LogP contribution in [0.3, 0.4) is 0 Å². The first kappa shape index (κ1) is 14.4. The van der Waals surface area contributed by atoms with E-state index in [9.17, 15) is 0 Å². The van der Waals surface area contributed by atoms with Crippen LogP contribution in [0.1, 0.15) is 32.8 Å². The molecule has 0 radical (unpaired) electrons. The van der Waals surface area contributed by atoms with Crippen molar-refractivity contribution < 1.29 is 0 Å². The molecule has 1 fully saturated rings. The molecule has 110 valence electrons. The highest BCUT2D eigenvalue weighted by Gasteiger charge is 2.35. The Kier molecular flexibility index (Phi) is 4.11. The van der Waals surface area contributed by atoms with Gasteiger partial charge in [-0.1, -0.05) is 25.1 Å². The van der Waals surface area contributed by atoms with Crippen molar-refractivity contribution in [2.24, 2.45) is 0 Å². The summed E-state index contributed by atoms with van der Waals surface area (Å²) in [7, 11) is 0. The Morgan fingerprint density at radius 3 is 2.90 bits per heavy atom. The molecule has 0 spiro atoms. The number of nitrogens with zero attached hydrogens (tertiary/aromatic N) is 1. The summed E-state index contributed by atoms with van der Waals surface area (Å²) in [5.41, 5.74) is 1.82. The fraction of sp³-hybridized carbons (Fsp3) is 0.647. The molecule has 3 rings (SSSR count). The van der Waals surface area contributed by atoms with Gasteiger partial charge in [0.25, 0.3) is 0 Å². The zero-order valence-electron chi connectivity index (χ0n) is 12.9. The van der Waals surface area contributed by atoms with Crippen LogP contribution in [0.5, 0.6) is 0 Å². The maximum absolute atomic E-state index is 3.68. The molecule has 3 heteroatoms. The van der Waals surface area contributed by atoms with Crippen molar-refractivity contribution >= 4 is 11.8 Å². The molecule has 2 aliphatic heterocycles. The van der Waals surface area contributed by atoms with E-state index in [2.05, 4.69) is 67.0 Å². The largest absolute Gasteiger partial charge is 0.311 e. The summed E-state index contributed by atoms with van der Waals surface area (Å²) in [6.45, 7) is 10.5. The van der Waals surface area contributed by atoms with Crippen molar-refractivity contribution in [3.8, 4) is 0 Å². The zero-order chi connectivity index (χ0) is 14.2. The van der Waals surface area contributed by atoms with E-state index in [1.807, 2.05) is 0 Å². The first-order valence-electron chi connectivity index (χ1n) is 7.81. The number of rotatable bonds is 3. The summed E-state index contributed by atoms with van der Waals surface area (Å²) in [4.78, 5) is 4.21. The molecule has 1 N–H and O–H groups in total. The van der Waals surface area contributed by atoms with Gasteiger partial charge in [0.15, 0.2) is 0 Å². The lowest BCUT2D eigenvalue weighted by Crippen LogP contribution is -2.62. The molecule has 0 saturated carbocycles. The summed E-state index contributed by atoms with van der Waals surface area (Å²) in [6, 6.07) is 9.56. The molecule has 20 heavy (non-hydrogen) atoms. The van der Waals surface area contributed by atoms with Crippen LogP contribution < -0.4 is 5.32 Å². The number of fused-ring (bicyclic) bond motifs is 1. The molecule has 2 nitrogen and oxygen atoms in total. The SMILES string of the molecule is CCC1CN(CC2Cc3ccccc3S2)C(C)(C)CN1. The molecule has 0 amide bonds. The number of hydrogen-bond donors (Lipinski definition) is 1. The highest BCUT2D eigenvalue weighted by atomic mass is 32.2. The lowest BCUT2D eigenvalue weighted by atomic mass is 9.95. The molecular formula is C17H26N2S. The van der Waals surface area contributed by atoms with E-state index >= 15 is 0 Å². The standard InChI is InChI=1S/C17H26N2S/c1-4-14-10-19(17(2,3)12-18-14)11-15-9-13-7-5-6-8-16(13)20-15/h5-8,14-15,18H,4,9-12H2,1-3H3. The van der Waals surface area contributed by atoms with Crippen molar-refractivity contribution in [2.75, 3.05) is 19.6 Å². The van der Waals surface area contributed by atoms with Crippen molar-refractivity contribution in [1.82, 2.24) is 10.2 Å². The van der Waals surface area contributed by atoms with E-state index in [0.717, 1.165) is 11.8 Å². The minimum atomic E-state index is 0.279. The Bertz CT molecular complexity index is 447. The fourth-order valence-corrected chi connectivity index (χ4v) is 4.62. The second kappa shape index (κ2) is 5.70. The number of nitrogens with one attached hydrogen (secondary N) is 1. The van der Waals surface area contributed by atoms with Crippen LogP contribution in [0.15, 0.2) is 29.2 Å². The average molecular weight is 290 g/mol. The predicted molar refractivity (Wildman–Crippen MR) is 87.5 cm³/mol. The van der Waals surface area contributed by atoms with Crippen molar-refractivity contribution in [1.29, 1.82) is 0 Å². The van der Waals surface area contributed by atoms with Gasteiger partial charge < -0.3 is 5.32 Å². The number of benzene rings is 1. The molecule has 2 atom stereocenters. The maximum atomic E-state index is 3.68. The molecule has 2 unspecified atom stereocenters. The fourth-order valence-electron chi connectivity index (χ4n) is 3.28. The number of hydrogen-bond acceptors (Lipinski definition) is 3. The van der Waals surface area contributed by atoms with Gasteiger partial charge in [-0.05, 0) is 38.3 Å². The molecule has 1 saturated heterocycles. The second-order valence-electron chi connectivity index (χ2n) is 6.76. The smallest absolute Gasteiger partial charge is 0.0278 e. The van der Waals surface area contributed by atoms with Crippen LogP contribution >= 0.6 is 11.8 Å². The van der Waals surface area contributed by atoms with E-state index in [1.165, 1.54) is 30.8 Å². The van der Waals surface area contributed by atoms with Gasteiger partial charge in [-0.25, -0.2) is 0 Å². The van der Waals surface area contributed by atoms with Gasteiger partial charge in [0, 0.05) is 41.4 Å². The quantitative estimate of drug-likeness (QED) is 0.920. The van der Waals surface area contributed by atoms with E-state index in [-0.39, 0.29) is 5.54 Å². The lowest BCUT2D eigenvalue weighted by Gasteiger charge is -2.47. The summed E-state index contributed by atoms with van der Waals surface area (Å²) in [6.07, 6.45) is 2.46. The Hall–Kier alpha value is -0.510. The van der Waals surface area contributed by atoms with Crippen LogP contribution in [-0.4, -0.2) is 41.4 Å². The van der Waals surface area contributed by atoms with Gasteiger partial charge in [0.2, 0.25) is 0 Å².